The molecule has 1 aromatic heterocycles. The molecular formula is C21H18N4O5. The van der Waals surface area contributed by atoms with Crippen LogP contribution in [0.3, 0.4) is 0 Å². The lowest BCUT2D eigenvalue weighted by Crippen LogP contribution is -2.32. The van der Waals surface area contributed by atoms with Crippen LogP contribution in [0.5, 0.6) is 11.5 Å². The summed E-state index contributed by atoms with van der Waals surface area (Å²) in [7, 11) is 3.00. The summed E-state index contributed by atoms with van der Waals surface area (Å²) in [4.78, 5) is 30.1. The standard InChI is InChI=1S/C21H18N4O5/c1-29-14-7-5-13(6-8-14)24-20(19-16(21(24)26)4-3-11-22-19)23-17-10-9-15(30-2)12-18(17)25(27)28/h3-12,20,23H,1-2H3/t20-/m1/s1. The number of nitrogens with zero attached hydrogens (tertiary/aromatic N) is 3. The minimum absolute atomic E-state index is 0.166. The number of rotatable bonds is 6. The molecule has 4 rings (SSSR count). The topological polar surface area (TPSA) is 107 Å². The molecule has 0 saturated heterocycles. The van der Waals surface area contributed by atoms with Crippen LogP contribution in [0.25, 0.3) is 0 Å². The molecule has 1 aliphatic rings. The van der Waals surface area contributed by atoms with Crippen LogP contribution in [-0.2, 0) is 0 Å². The SMILES string of the molecule is COc1ccc(N2C(=O)c3cccnc3[C@@H]2Nc2ccc(OC)cc2[N+](=O)[O-])cc1. The van der Waals surface area contributed by atoms with E-state index in [0.717, 1.165) is 0 Å². The van der Waals surface area contributed by atoms with Crippen LogP contribution in [0.2, 0.25) is 0 Å². The van der Waals surface area contributed by atoms with E-state index >= 15 is 0 Å². The van der Waals surface area contributed by atoms with E-state index in [1.807, 2.05) is 0 Å². The van der Waals surface area contributed by atoms with Gasteiger partial charge in [0.1, 0.15) is 17.2 Å². The molecule has 1 amide bonds. The van der Waals surface area contributed by atoms with Gasteiger partial charge in [-0.15, -0.1) is 0 Å². The fraction of sp³-hybridized carbons (Fsp3) is 0.143. The van der Waals surface area contributed by atoms with Gasteiger partial charge in [0.15, 0.2) is 6.17 Å². The molecular weight excluding hydrogens is 388 g/mol. The second kappa shape index (κ2) is 7.70. The summed E-state index contributed by atoms with van der Waals surface area (Å²) in [5.74, 6) is 0.758. The Labute approximate surface area is 172 Å². The number of methoxy groups -OCH3 is 2. The number of ether oxygens (including phenoxy) is 2. The zero-order chi connectivity index (χ0) is 21.3. The molecule has 9 heteroatoms. The number of nitro benzene ring substituents is 1. The Kier molecular flexibility index (Phi) is 4.93. The molecule has 3 aromatic rings. The van der Waals surface area contributed by atoms with Crippen LogP contribution in [0.4, 0.5) is 17.1 Å². The quantitative estimate of drug-likeness (QED) is 0.490. The first kappa shape index (κ1) is 19.2. The predicted molar refractivity (Wildman–Crippen MR) is 110 cm³/mol. The van der Waals surface area contributed by atoms with E-state index in [9.17, 15) is 14.9 Å². The Morgan fingerprint density at radius 2 is 1.77 bits per heavy atom. The number of fused-ring (bicyclic) bond motifs is 1. The minimum Gasteiger partial charge on any atom is -0.497 e. The summed E-state index contributed by atoms with van der Waals surface area (Å²) in [5, 5.41) is 14.7. The van der Waals surface area contributed by atoms with Crippen LogP contribution >= 0.6 is 0 Å². The molecule has 152 valence electrons. The molecule has 9 nitrogen and oxygen atoms in total. The van der Waals surface area contributed by atoms with Crippen LogP contribution in [0.1, 0.15) is 22.2 Å². The Morgan fingerprint density at radius 3 is 2.43 bits per heavy atom. The van der Waals surface area contributed by atoms with Crippen LogP contribution < -0.4 is 19.7 Å². The number of nitro groups is 1. The van der Waals surface area contributed by atoms with Crippen LogP contribution in [0, 0.1) is 10.1 Å². The molecule has 2 heterocycles. The van der Waals surface area contributed by atoms with E-state index in [2.05, 4.69) is 10.3 Å². The number of anilines is 2. The Bertz CT molecular complexity index is 1120. The predicted octanol–water partition coefficient (Wildman–Crippen LogP) is 3.78. The van der Waals surface area contributed by atoms with Crippen molar-refractivity contribution in [2.24, 2.45) is 0 Å². The molecule has 1 atom stereocenters. The highest BCUT2D eigenvalue weighted by Gasteiger charge is 2.39. The number of aromatic nitrogens is 1. The fourth-order valence-electron chi connectivity index (χ4n) is 3.39. The van der Waals surface area contributed by atoms with Gasteiger partial charge >= 0.3 is 0 Å². The number of hydrogen-bond donors (Lipinski definition) is 1. The minimum atomic E-state index is -0.728. The molecule has 0 bridgehead atoms. The second-order valence-corrected chi connectivity index (χ2v) is 6.50. The fourth-order valence-corrected chi connectivity index (χ4v) is 3.39. The lowest BCUT2D eigenvalue weighted by Gasteiger charge is -2.26. The number of pyridine rings is 1. The van der Waals surface area contributed by atoms with Crippen molar-refractivity contribution in [1.29, 1.82) is 0 Å². The zero-order valence-electron chi connectivity index (χ0n) is 16.2. The lowest BCUT2D eigenvalue weighted by atomic mass is 10.2. The van der Waals surface area contributed by atoms with E-state index in [1.165, 1.54) is 18.1 Å². The third-order valence-electron chi connectivity index (χ3n) is 4.85. The van der Waals surface area contributed by atoms with Crippen molar-refractivity contribution >= 4 is 23.0 Å². The smallest absolute Gasteiger partial charge is 0.296 e. The van der Waals surface area contributed by atoms with E-state index in [0.29, 0.717) is 28.4 Å². The van der Waals surface area contributed by atoms with Gasteiger partial charge in [-0.1, -0.05) is 0 Å². The summed E-state index contributed by atoms with van der Waals surface area (Å²) in [5.41, 5.74) is 1.61. The molecule has 0 radical (unpaired) electrons. The highest BCUT2D eigenvalue weighted by atomic mass is 16.6. The molecule has 0 aliphatic carbocycles. The van der Waals surface area contributed by atoms with Gasteiger partial charge in [-0.2, -0.15) is 0 Å². The van der Waals surface area contributed by atoms with E-state index in [4.69, 9.17) is 9.47 Å². The summed E-state index contributed by atoms with van der Waals surface area (Å²) in [6.45, 7) is 0. The highest BCUT2D eigenvalue weighted by Crippen LogP contribution is 2.39. The summed E-state index contributed by atoms with van der Waals surface area (Å²) < 4.78 is 10.3. The van der Waals surface area contributed by atoms with Crippen LogP contribution in [-0.4, -0.2) is 30.0 Å². The lowest BCUT2D eigenvalue weighted by molar-refractivity contribution is -0.384. The second-order valence-electron chi connectivity index (χ2n) is 6.50. The molecule has 30 heavy (non-hydrogen) atoms. The maximum absolute atomic E-state index is 13.1. The largest absolute Gasteiger partial charge is 0.497 e. The third kappa shape index (κ3) is 3.26. The number of benzene rings is 2. The van der Waals surface area contributed by atoms with Crippen molar-refractivity contribution in [3.05, 3.63) is 82.2 Å². The van der Waals surface area contributed by atoms with E-state index < -0.39 is 11.1 Å². The maximum atomic E-state index is 13.1. The summed E-state index contributed by atoms with van der Waals surface area (Å²) in [6.07, 6.45) is 0.856. The van der Waals surface area contributed by atoms with Gasteiger partial charge in [-0.25, -0.2) is 0 Å². The molecule has 0 saturated carbocycles. The average molecular weight is 406 g/mol. The van der Waals surface area contributed by atoms with Crippen molar-refractivity contribution in [3.63, 3.8) is 0 Å². The van der Waals surface area contributed by atoms with Gasteiger partial charge in [0, 0.05) is 11.9 Å². The summed E-state index contributed by atoms with van der Waals surface area (Å²) >= 11 is 0. The van der Waals surface area contributed by atoms with Gasteiger partial charge in [0.25, 0.3) is 11.6 Å². The number of amides is 1. The number of nitrogens with one attached hydrogen (secondary N) is 1. The Morgan fingerprint density at radius 1 is 1.07 bits per heavy atom. The first-order valence-corrected chi connectivity index (χ1v) is 9.05. The van der Waals surface area contributed by atoms with Gasteiger partial charge in [-0.05, 0) is 48.5 Å². The van der Waals surface area contributed by atoms with Gasteiger partial charge < -0.3 is 14.8 Å². The molecule has 0 spiro atoms. The molecule has 1 aliphatic heterocycles. The average Bonchev–Trinajstić information content (AvgIpc) is 3.05. The van der Waals surface area contributed by atoms with Crippen molar-refractivity contribution in [2.45, 2.75) is 6.17 Å². The molecule has 2 aromatic carbocycles. The third-order valence-corrected chi connectivity index (χ3v) is 4.85. The summed E-state index contributed by atoms with van der Waals surface area (Å²) in [6, 6.07) is 14.8. The zero-order valence-corrected chi connectivity index (χ0v) is 16.2. The number of carbonyl (C=O) groups is 1. The normalized spacial score (nSPS) is 14.9. The monoisotopic (exact) mass is 406 g/mol. The number of carbonyl (C=O) groups excluding carboxylic acids is 1. The first-order chi connectivity index (χ1) is 14.5. The Hall–Kier alpha value is -4.14. The van der Waals surface area contributed by atoms with Gasteiger partial charge in [0.2, 0.25) is 0 Å². The van der Waals surface area contributed by atoms with Gasteiger partial charge in [0.05, 0.1) is 36.5 Å². The maximum Gasteiger partial charge on any atom is 0.296 e. The van der Waals surface area contributed by atoms with Crippen molar-refractivity contribution in [3.8, 4) is 11.5 Å². The van der Waals surface area contributed by atoms with E-state index in [-0.39, 0.29) is 17.3 Å². The Balaban J connectivity index is 1.79. The highest BCUT2D eigenvalue weighted by molar-refractivity contribution is 6.11. The number of hydrogen-bond acceptors (Lipinski definition) is 7. The first-order valence-electron chi connectivity index (χ1n) is 9.05. The molecule has 0 unspecified atom stereocenters. The molecule has 0 fully saturated rings. The van der Waals surface area contributed by atoms with Crippen LogP contribution in [0.15, 0.2) is 60.8 Å². The van der Waals surface area contributed by atoms with Crippen molar-refractivity contribution < 1.29 is 19.2 Å². The molecule has 1 N–H and O–H groups in total. The van der Waals surface area contributed by atoms with Gasteiger partial charge in [-0.3, -0.25) is 24.8 Å². The van der Waals surface area contributed by atoms with Crippen molar-refractivity contribution in [2.75, 3.05) is 24.4 Å². The van der Waals surface area contributed by atoms with Crippen molar-refractivity contribution in [1.82, 2.24) is 4.98 Å². The van der Waals surface area contributed by atoms with E-state index in [1.54, 1.807) is 61.8 Å².